The van der Waals surface area contributed by atoms with Gasteiger partial charge >= 0.3 is 0 Å². The Morgan fingerprint density at radius 3 is 2.00 bits per heavy atom. The Hall–Kier alpha value is -2.61. The van der Waals surface area contributed by atoms with E-state index in [2.05, 4.69) is 20.3 Å². The van der Waals surface area contributed by atoms with Crippen LogP contribution in [0.4, 0.5) is 17.8 Å². The fourth-order valence-corrected chi connectivity index (χ4v) is 0.770. The van der Waals surface area contributed by atoms with Crippen molar-refractivity contribution in [1.82, 2.24) is 15.0 Å². The molecule has 0 aliphatic rings. The molecule has 8 heteroatoms. The third-order valence-corrected chi connectivity index (χ3v) is 1.48. The van der Waals surface area contributed by atoms with Gasteiger partial charge in [0.25, 0.3) is 0 Å². The Bertz CT molecular complexity index is 419. The Morgan fingerprint density at radius 1 is 1.13 bits per heavy atom. The van der Waals surface area contributed by atoms with E-state index in [1.165, 1.54) is 6.92 Å². The molecule has 1 aromatic heterocycles. The summed E-state index contributed by atoms with van der Waals surface area (Å²) < 4.78 is 0. The van der Waals surface area contributed by atoms with E-state index in [0.717, 1.165) is 0 Å². The van der Waals surface area contributed by atoms with Crippen LogP contribution in [0.25, 0.3) is 0 Å². The topological polar surface area (TPSA) is 150 Å². The number of nitrogens with one attached hydrogen (secondary N) is 1. The molecule has 1 rings (SSSR count). The molecule has 0 saturated carbocycles. The second-order valence-corrected chi connectivity index (χ2v) is 2.85. The molecule has 0 unspecified atom stereocenters. The van der Waals surface area contributed by atoms with Crippen LogP contribution < -0.4 is 16.8 Å². The summed E-state index contributed by atoms with van der Waals surface area (Å²) in [5.74, 6) is -0.169. The van der Waals surface area contributed by atoms with Crippen molar-refractivity contribution in [2.75, 3.05) is 16.8 Å². The number of hydrogen-bond acceptors (Lipinski definition) is 8. The summed E-state index contributed by atoms with van der Waals surface area (Å²) in [5, 5.41) is 19.9. The van der Waals surface area contributed by atoms with E-state index in [-0.39, 0.29) is 17.8 Å². The molecular formula is C7H8N8. The van der Waals surface area contributed by atoms with Gasteiger partial charge in [-0.2, -0.15) is 25.5 Å². The first-order chi connectivity index (χ1) is 6.99. The van der Waals surface area contributed by atoms with Gasteiger partial charge < -0.3 is 16.8 Å². The van der Waals surface area contributed by atoms with Crippen molar-refractivity contribution in [2.24, 2.45) is 0 Å². The lowest BCUT2D eigenvalue weighted by atomic mass is 10.1. The summed E-state index contributed by atoms with van der Waals surface area (Å²) in [7, 11) is 0. The van der Waals surface area contributed by atoms with Crippen LogP contribution in [0.15, 0.2) is 0 Å². The molecule has 76 valence electrons. The van der Waals surface area contributed by atoms with Gasteiger partial charge in [-0.3, -0.25) is 0 Å². The highest BCUT2D eigenvalue weighted by Crippen LogP contribution is 2.11. The first kappa shape index (κ1) is 10.5. The normalized spacial score (nSPS) is 10.1. The highest BCUT2D eigenvalue weighted by Gasteiger charge is 2.24. The number of nitrogens with zero attached hydrogens (tertiary/aromatic N) is 5. The number of hydrogen-bond donors (Lipinski definition) is 3. The molecule has 0 aliphatic carbocycles. The van der Waals surface area contributed by atoms with Crippen molar-refractivity contribution in [2.45, 2.75) is 12.5 Å². The third-order valence-electron chi connectivity index (χ3n) is 1.48. The molecule has 0 spiro atoms. The molecule has 5 N–H and O–H groups in total. The van der Waals surface area contributed by atoms with Crippen molar-refractivity contribution in [3.05, 3.63) is 0 Å². The van der Waals surface area contributed by atoms with Gasteiger partial charge in [0, 0.05) is 0 Å². The lowest BCUT2D eigenvalue weighted by Crippen LogP contribution is -2.32. The van der Waals surface area contributed by atoms with Gasteiger partial charge in [0.15, 0.2) is 0 Å². The van der Waals surface area contributed by atoms with Crippen LogP contribution in [0.3, 0.4) is 0 Å². The van der Waals surface area contributed by atoms with Gasteiger partial charge in [0.2, 0.25) is 23.4 Å². The monoisotopic (exact) mass is 204 g/mol. The molecule has 8 nitrogen and oxygen atoms in total. The van der Waals surface area contributed by atoms with E-state index in [9.17, 15) is 0 Å². The molecule has 0 fully saturated rings. The van der Waals surface area contributed by atoms with Crippen LogP contribution in [0.2, 0.25) is 0 Å². The van der Waals surface area contributed by atoms with E-state index in [4.69, 9.17) is 22.0 Å². The van der Waals surface area contributed by atoms with Crippen molar-refractivity contribution in [3.8, 4) is 12.1 Å². The van der Waals surface area contributed by atoms with Crippen LogP contribution in [0.1, 0.15) is 6.92 Å². The van der Waals surface area contributed by atoms with Crippen LogP contribution in [0.5, 0.6) is 0 Å². The molecular weight excluding hydrogens is 196 g/mol. The summed E-state index contributed by atoms with van der Waals surface area (Å²) in [6.45, 7) is 1.38. The van der Waals surface area contributed by atoms with E-state index in [0.29, 0.717) is 0 Å². The lowest BCUT2D eigenvalue weighted by Gasteiger charge is -2.14. The molecule has 15 heavy (non-hydrogen) atoms. The van der Waals surface area contributed by atoms with Crippen molar-refractivity contribution in [1.29, 1.82) is 10.5 Å². The minimum Gasteiger partial charge on any atom is -0.368 e. The molecule has 0 amide bonds. The van der Waals surface area contributed by atoms with Gasteiger partial charge in [-0.1, -0.05) is 0 Å². The predicted octanol–water partition coefficient (Wildman–Crippen LogP) is -0.746. The maximum absolute atomic E-state index is 8.72. The van der Waals surface area contributed by atoms with E-state index in [1.54, 1.807) is 12.1 Å². The molecule has 0 aromatic carbocycles. The minimum atomic E-state index is -1.43. The smallest absolute Gasteiger partial charge is 0.231 e. The second-order valence-electron chi connectivity index (χ2n) is 2.85. The molecule has 0 radical (unpaired) electrons. The molecule has 0 bridgehead atoms. The molecule has 0 atom stereocenters. The van der Waals surface area contributed by atoms with E-state index < -0.39 is 5.54 Å². The molecule has 1 aromatic rings. The Labute approximate surface area is 85.6 Å². The molecule has 1 heterocycles. The van der Waals surface area contributed by atoms with Gasteiger partial charge in [-0.25, -0.2) is 0 Å². The second kappa shape index (κ2) is 3.64. The van der Waals surface area contributed by atoms with Gasteiger partial charge in [0.1, 0.15) is 12.1 Å². The van der Waals surface area contributed by atoms with Crippen LogP contribution in [-0.2, 0) is 0 Å². The third kappa shape index (κ3) is 2.42. The first-order valence-electron chi connectivity index (χ1n) is 3.87. The summed E-state index contributed by atoms with van der Waals surface area (Å²) in [5.41, 5.74) is 9.20. The zero-order valence-electron chi connectivity index (χ0n) is 7.89. The SMILES string of the molecule is CC(C#N)(C#N)Nc1nc(N)nc(N)n1. The van der Waals surface area contributed by atoms with E-state index in [1.807, 2.05) is 0 Å². The number of anilines is 3. The summed E-state index contributed by atoms with van der Waals surface area (Å²) in [4.78, 5) is 10.9. The zero-order valence-corrected chi connectivity index (χ0v) is 7.89. The van der Waals surface area contributed by atoms with Gasteiger partial charge in [-0.15, -0.1) is 0 Å². The lowest BCUT2D eigenvalue weighted by molar-refractivity contribution is 0.810. The number of aromatic nitrogens is 3. The zero-order chi connectivity index (χ0) is 11.5. The quantitative estimate of drug-likeness (QED) is 0.569. The number of nitrogens with two attached hydrogens (primary N) is 2. The van der Waals surface area contributed by atoms with Crippen molar-refractivity contribution >= 4 is 17.8 Å². The highest BCUT2D eigenvalue weighted by atomic mass is 15.2. The summed E-state index contributed by atoms with van der Waals surface area (Å²) in [6, 6.07) is 3.52. The average Bonchev–Trinajstić information content (AvgIpc) is 2.16. The van der Waals surface area contributed by atoms with Gasteiger partial charge in [-0.05, 0) is 6.92 Å². The molecule has 0 aliphatic heterocycles. The highest BCUT2D eigenvalue weighted by molar-refractivity contribution is 5.44. The van der Waals surface area contributed by atoms with Crippen LogP contribution >= 0.6 is 0 Å². The fourth-order valence-electron chi connectivity index (χ4n) is 0.770. The van der Waals surface area contributed by atoms with Crippen molar-refractivity contribution in [3.63, 3.8) is 0 Å². The molecule has 0 saturated heterocycles. The van der Waals surface area contributed by atoms with Crippen LogP contribution in [-0.4, -0.2) is 20.5 Å². The maximum atomic E-state index is 8.72. The first-order valence-corrected chi connectivity index (χ1v) is 3.87. The average molecular weight is 204 g/mol. The fraction of sp³-hybridized carbons (Fsp3) is 0.286. The largest absolute Gasteiger partial charge is 0.368 e. The summed E-state index contributed by atoms with van der Waals surface area (Å²) in [6.07, 6.45) is 0. The Kier molecular flexibility index (Phi) is 2.54. The number of nitrogen functional groups attached to an aromatic ring is 2. The van der Waals surface area contributed by atoms with E-state index >= 15 is 0 Å². The number of rotatable bonds is 2. The predicted molar refractivity (Wildman–Crippen MR) is 51.9 cm³/mol. The van der Waals surface area contributed by atoms with Crippen LogP contribution in [0, 0.1) is 22.7 Å². The van der Waals surface area contributed by atoms with Gasteiger partial charge in [0.05, 0.1) is 0 Å². The standard InChI is InChI=1S/C7H8N8/c1-7(2-8,3-9)15-6-13-4(10)12-5(11)14-6/h1H3,(H5,10,11,12,13,14,15). The van der Waals surface area contributed by atoms with Crippen molar-refractivity contribution < 1.29 is 0 Å². The summed E-state index contributed by atoms with van der Waals surface area (Å²) >= 11 is 0. The number of nitriles is 2. The Balaban J connectivity index is 3.01. The Morgan fingerprint density at radius 2 is 1.60 bits per heavy atom. The minimum absolute atomic E-state index is 0.00870. The maximum Gasteiger partial charge on any atom is 0.231 e.